The van der Waals surface area contributed by atoms with E-state index in [9.17, 15) is 4.79 Å². The molecule has 3 heteroatoms. The number of carbonyl (C=O) groups is 1. The van der Waals surface area contributed by atoms with Gasteiger partial charge in [0.05, 0.1) is 0 Å². The zero-order valence-corrected chi connectivity index (χ0v) is 12.9. The van der Waals surface area contributed by atoms with Gasteiger partial charge in [-0.2, -0.15) is 0 Å². The number of nitrogens with zero attached hydrogens (tertiary/aromatic N) is 1. The van der Waals surface area contributed by atoms with Gasteiger partial charge in [0, 0.05) is 18.7 Å². The molecule has 110 valence electrons. The Labute approximate surface area is 122 Å². The highest BCUT2D eigenvalue weighted by atomic mass is 16.2. The number of rotatable bonds is 3. The van der Waals surface area contributed by atoms with Gasteiger partial charge in [0.2, 0.25) is 0 Å². The van der Waals surface area contributed by atoms with Gasteiger partial charge in [0.1, 0.15) is 0 Å². The van der Waals surface area contributed by atoms with Gasteiger partial charge in [-0.05, 0) is 56.0 Å². The highest BCUT2D eigenvalue weighted by molar-refractivity contribution is 5.94. The van der Waals surface area contributed by atoms with Crippen molar-refractivity contribution in [3.8, 4) is 0 Å². The maximum atomic E-state index is 12.5. The van der Waals surface area contributed by atoms with E-state index in [0.717, 1.165) is 37.9 Å². The first-order chi connectivity index (χ1) is 9.59. The van der Waals surface area contributed by atoms with E-state index in [-0.39, 0.29) is 5.91 Å². The number of nitrogens with one attached hydrogen (secondary N) is 1. The zero-order chi connectivity index (χ0) is 14.5. The fourth-order valence-electron chi connectivity index (χ4n) is 2.77. The van der Waals surface area contributed by atoms with Gasteiger partial charge in [-0.3, -0.25) is 4.79 Å². The van der Waals surface area contributed by atoms with Crippen molar-refractivity contribution < 1.29 is 4.79 Å². The van der Waals surface area contributed by atoms with Crippen molar-refractivity contribution in [2.75, 3.05) is 20.1 Å². The maximum Gasteiger partial charge on any atom is 0.253 e. The molecule has 0 spiro atoms. The largest absolute Gasteiger partial charge is 0.339 e. The van der Waals surface area contributed by atoms with Crippen molar-refractivity contribution in [3.05, 3.63) is 35.4 Å². The summed E-state index contributed by atoms with van der Waals surface area (Å²) in [5.74, 6) is 0.650. The number of benzene rings is 1. The molecule has 1 aliphatic rings. The van der Waals surface area contributed by atoms with Gasteiger partial charge >= 0.3 is 0 Å². The van der Waals surface area contributed by atoms with E-state index < -0.39 is 0 Å². The number of amides is 1. The van der Waals surface area contributed by atoms with Crippen LogP contribution in [0.1, 0.15) is 54.9 Å². The Balaban J connectivity index is 2.05. The Kier molecular flexibility index (Phi) is 5.18. The molecule has 1 aliphatic heterocycles. The van der Waals surface area contributed by atoms with Crippen LogP contribution in [-0.4, -0.2) is 37.0 Å². The minimum Gasteiger partial charge on any atom is -0.339 e. The first kappa shape index (κ1) is 15.0. The lowest BCUT2D eigenvalue weighted by Gasteiger charge is -2.27. The molecule has 1 atom stereocenters. The van der Waals surface area contributed by atoms with Gasteiger partial charge in [0.15, 0.2) is 0 Å². The number of carbonyl (C=O) groups excluding carboxylic acids is 1. The monoisotopic (exact) mass is 274 g/mol. The molecule has 1 heterocycles. The van der Waals surface area contributed by atoms with Gasteiger partial charge in [-0.25, -0.2) is 0 Å². The molecule has 0 radical (unpaired) electrons. The second kappa shape index (κ2) is 6.89. The lowest BCUT2D eigenvalue weighted by Crippen LogP contribution is -2.37. The summed E-state index contributed by atoms with van der Waals surface area (Å²) < 4.78 is 0. The molecule has 1 N–H and O–H groups in total. The van der Waals surface area contributed by atoms with Crippen molar-refractivity contribution in [1.29, 1.82) is 0 Å². The van der Waals surface area contributed by atoms with Crippen LogP contribution in [-0.2, 0) is 0 Å². The molecule has 0 saturated carbocycles. The summed E-state index contributed by atoms with van der Waals surface area (Å²) in [6, 6.07) is 8.43. The number of hydrogen-bond donors (Lipinski definition) is 1. The standard InChI is InChI=1S/C17H26N2O/c1-13(2)14-6-8-15(9-7-14)17(20)19(3)16-5-4-11-18-12-10-16/h6-9,13,16,18H,4-5,10-12H2,1-3H3. The van der Waals surface area contributed by atoms with E-state index in [1.165, 1.54) is 5.56 Å². The van der Waals surface area contributed by atoms with Crippen molar-refractivity contribution in [3.63, 3.8) is 0 Å². The Bertz CT molecular complexity index is 431. The third kappa shape index (κ3) is 3.60. The van der Waals surface area contributed by atoms with E-state index in [1.54, 1.807) is 0 Å². The Morgan fingerprint density at radius 2 is 1.90 bits per heavy atom. The van der Waals surface area contributed by atoms with Crippen molar-refractivity contribution in [1.82, 2.24) is 10.2 Å². The first-order valence-corrected chi connectivity index (χ1v) is 7.67. The lowest BCUT2D eigenvalue weighted by atomic mass is 10.0. The second-order valence-electron chi connectivity index (χ2n) is 6.03. The van der Waals surface area contributed by atoms with E-state index in [2.05, 4.69) is 31.3 Å². The summed E-state index contributed by atoms with van der Waals surface area (Å²) in [6.45, 7) is 6.42. The molecule has 1 aromatic rings. The SMILES string of the molecule is CC(C)c1ccc(C(=O)N(C)C2CCCNCC2)cc1. The number of hydrogen-bond acceptors (Lipinski definition) is 2. The molecule has 1 unspecified atom stereocenters. The molecule has 3 nitrogen and oxygen atoms in total. The summed E-state index contributed by atoms with van der Waals surface area (Å²) in [6.07, 6.45) is 3.29. The van der Waals surface area contributed by atoms with Crippen molar-refractivity contribution in [2.45, 2.75) is 45.1 Å². The van der Waals surface area contributed by atoms with Crippen LogP contribution in [0.15, 0.2) is 24.3 Å². The van der Waals surface area contributed by atoms with Gasteiger partial charge in [-0.1, -0.05) is 26.0 Å². The average Bonchev–Trinajstić information content (AvgIpc) is 2.75. The van der Waals surface area contributed by atoms with Gasteiger partial charge in [-0.15, -0.1) is 0 Å². The topological polar surface area (TPSA) is 32.3 Å². The molecule has 1 saturated heterocycles. The third-order valence-corrected chi connectivity index (χ3v) is 4.24. The minimum atomic E-state index is 0.146. The van der Waals surface area contributed by atoms with Gasteiger partial charge < -0.3 is 10.2 Å². The van der Waals surface area contributed by atoms with Crippen molar-refractivity contribution >= 4 is 5.91 Å². The summed E-state index contributed by atoms with van der Waals surface area (Å²) >= 11 is 0. The summed E-state index contributed by atoms with van der Waals surface area (Å²) in [5.41, 5.74) is 2.08. The van der Waals surface area contributed by atoms with E-state index >= 15 is 0 Å². The quantitative estimate of drug-likeness (QED) is 0.919. The van der Waals surface area contributed by atoms with Crippen LogP contribution in [0.3, 0.4) is 0 Å². The summed E-state index contributed by atoms with van der Waals surface area (Å²) in [5, 5.41) is 3.39. The van der Waals surface area contributed by atoms with Crippen LogP contribution in [0.4, 0.5) is 0 Å². The molecule has 2 rings (SSSR count). The maximum absolute atomic E-state index is 12.5. The average molecular weight is 274 g/mol. The normalized spacial score (nSPS) is 19.7. The highest BCUT2D eigenvalue weighted by Gasteiger charge is 2.22. The molecule has 0 aromatic heterocycles. The molecule has 0 bridgehead atoms. The van der Waals surface area contributed by atoms with E-state index in [0.29, 0.717) is 12.0 Å². The fraction of sp³-hybridized carbons (Fsp3) is 0.588. The Morgan fingerprint density at radius 3 is 2.55 bits per heavy atom. The van der Waals surface area contributed by atoms with Crippen molar-refractivity contribution in [2.24, 2.45) is 0 Å². The smallest absolute Gasteiger partial charge is 0.253 e. The van der Waals surface area contributed by atoms with Gasteiger partial charge in [0.25, 0.3) is 5.91 Å². The van der Waals surface area contributed by atoms with Crippen LogP contribution >= 0.6 is 0 Å². The Morgan fingerprint density at radius 1 is 1.20 bits per heavy atom. The highest BCUT2D eigenvalue weighted by Crippen LogP contribution is 2.18. The zero-order valence-electron chi connectivity index (χ0n) is 12.9. The first-order valence-electron chi connectivity index (χ1n) is 7.67. The van der Waals surface area contributed by atoms with Crippen LogP contribution < -0.4 is 5.32 Å². The molecule has 0 aliphatic carbocycles. The summed E-state index contributed by atoms with van der Waals surface area (Å²) in [4.78, 5) is 14.5. The molecule has 20 heavy (non-hydrogen) atoms. The predicted molar refractivity (Wildman–Crippen MR) is 83.1 cm³/mol. The summed E-state index contributed by atoms with van der Waals surface area (Å²) in [7, 11) is 1.94. The third-order valence-electron chi connectivity index (χ3n) is 4.24. The molecular weight excluding hydrogens is 248 g/mol. The minimum absolute atomic E-state index is 0.146. The fourth-order valence-corrected chi connectivity index (χ4v) is 2.77. The van der Waals surface area contributed by atoms with E-state index in [1.807, 2.05) is 24.1 Å². The predicted octanol–water partition coefficient (Wildman–Crippen LogP) is 3.02. The van der Waals surface area contributed by atoms with Crippen LogP contribution in [0.5, 0.6) is 0 Å². The lowest BCUT2D eigenvalue weighted by molar-refractivity contribution is 0.0720. The Hall–Kier alpha value is -1.35. The second-order valence-corrected chi connectivity index (χ2v) is 6.03. The van der Waals surface area contributed by atoms with Crippen LogP contribution in [0.25, 0.3) is 0 Å². The van der Waals surface area contributed by atoms with Crippen LogP contribution in [0.2, 0.25) is 0 Å². The molecule has 1 aromatic carbocycles. The molecule has 1 amide bonds. The molecule has 1 fully saturated rings. The van der Waals surface area contributed by atoms with Crippen LogP contribution in [0, 0.1) is 0 Å². The van der Waals surface area contributed by atoms with E-state index in [4.69, 9.17) is 0 Å². The molecular formula is C17H26N2O.